The molecule has 21 heavy (non-hydrogen) atoms. The van der Waals surface area contributed by atoms with Crippen molar-refractivity contribution >= 4 is 17.9 Å². The zero-order chi connectivity index (χ0) is 15.4. The minimum atomic E-state index is -0.836. The van der Waals surface area contributed by atoms with Gasteiger partial charge in [0.25, 0.3) is 0 Å². The molecule has 1 saturated heterocycles. The van der Waals surface area contributed by atoms with E-state index in [1.54, 1.807) is 0 Å². The van der Waals surface area contributed by atoms with Gasteiger partial charge in [-0.3, -0.25) is 14.4 Å². The molecule has 5 heteroatoms. The predicted octanol–water partition coefficient (Wildman–Crippen LogP) is 2.55. The molecule has 4 unspecified atom stereocenters. The van der Waals surface area contributed by atoms with Crippen LogP contribution in [-0.2, 0) is 19.1 Å². The standard InChI is InChI=1S/C16H22O5/c1-2-3-5-10-8-9-11(6-4-7-12(17)18)14-13(10)15(19)21-16(14)20/h8-11,13-14H,2-7H2,1H3,(H,17,18). The molecule has 0 aromatic carbocycles. The molecule has 2 rings (SSSR count). The van der Waals surface area contributed by atoms with Crippen LogP contribution < -0.4 is 0 Å². The van der Waals surface area contributed by atoms with E-state index in [4.69, 9.17) is 9.84 Å². The molecule has 0 saturated carbocycles. The number of rotatable bonds is 7. The van der Waals surface area contributed by atoms with E-state index in [0.29, 0.717) is 12.8 Å². The molecule has 116 valence electrons. The molecular weight excluding hydrogens is 272 g/mol. The molecule has 0 spiro atoms. The molecule has 0 amide bonds. The lowest BCUT2D eigenvalue weighted by Crippen LogP contribution is -2.33. The number of carbonyl (C=O) groups excluding carboxylic acids is 2. The Morgan fingerprint density at radius 2 is 1.62 bits per heavy atom. The average molecular weight is 294 g/mol. The molecule has 0 aromatic rings. The molecule has 1 aliphatic heterocycles. The minimum absolute atomic E-state index is 0.0737. The van der Waals surface area contributed by atoms with Gasteiger partial charge in [-0.1, -0.05) is 31.9 Å². The Balaban J connectivity index is 2.08. The first-order valence-corrected chi connectivity index (χ1v) is 7.70. The van der Waals surface area contributed by atoms with Crippen LogP contribution in [0.2, 0.25) is 0 Å². The first-order valence-electron chi connectivity index (χ1n) is 7.70. The van der Waals surface area contributed by atoms with Crippen LogP contribution in [-0.4, -0.2) is 23.0 Å². The topological polar surface area (TPSA) is 80.7 Å². The van der Waals surface area contributed by atoms with E-state index in [1.807, 2.05) is 12.2 Å². The highest BCUT2D eigenvalue weighted by atomic mass is 16.6. The SMILES string of the molecule is CCCCC1C=CC(CCCC(=O)O)C2C(=O)OC(=O)C12. The van der Waals surface area contributed by atoms with Gasteiger partial charge in [0.15, 0.2) is 0 Å². The number of carboxylic acids is 1. The fourth-order valence-corrected chi connectivity index (χ4v) is 3.42. The highest BCUT2D eigenvalue weighted by Crippen LogP contribution is 2.43. The summed E-state index contributed by atoms with van der Waals surface area (Å²) in [6.07, 6.45) is 8.17. The maximum absolute atomic E-state index is 12.0. The summed E-state index contributed by atoms with van der Waals surface area (Å²) < 4.78 is 4.84. The fourth-order valence-electron chi connectivity index (χ4n) is 3.42. The van der Waals surface area contributed by atoms with Crippen molar-refractivity contribution in [3.8, 4) is 0 Å². The zero-order valence-electron chi connectivity index (χ0n) is 12.3. The van der Waals surface area contributed by atoms with Gasteiger partial charge in [-0.25, -0.2) is 0 Å². The number of fused-ring (bicyclic) bond motifs is 1. The quantitative estimate of drug-likeness (QED) is 0.443. The van der Waals surface area contributed by atoms with Crippen LogP contribution >= 0.6 is 0 Å². The number of allylic oxidation sites excluding steroid dienone is 2. The molecule has 5 nitrogen and oxygen atoms in total. The van der Waals surface area contributed by atoms with Crippen LogP contribution in [0.25, 0.3) is 0 Å². The number of ether oxygens (including phenoxy) is 1. The number of carboxylic acid groups (broad SMARTS) is 1. The van der Waals surface area contributed by atoms with Gasteiger partial charge in [-0.15, -0.1) is 0 Å². The first kappa shape index (κ1) is 15.7. The highest BCUT2D eigenvalue weighted by molar-refractivity contribution is 5.97. The number of esters is 2. The van der Waals surface area contributed by atoms with Crippen molar-refractivity contribution in [3.63, 3.8) is 0 Å². The Hall–Kier alpha value is -1.65. The maximum atomic E-state index is 12.0. The second-order valence-corrected chi connectivity index (χ2v) is 5.93. The Kier molecular flexibility index (Phi) is 5.15. The summed E-state index contributed by atoms with van der Waals surface area (Å²) in [5.41, 5.74) is 0. The van der Waals surface area contributed by atoms with Crippen molar-refractivity contribution < 1.29 is 24.2 Å². The van der Waals surface area contributed by atoms with Crippen molar-refractivity contribution in [3.05, 3.63) is 12.2 Å². The van der Waals surface area contributed by atoms with Crippen molar-refractivity contribution in [1.29, 1.82) is 0 Å². The highest BCUT2D eigenvalue weighted by Gasteiger charge is 2.51. The number of hydrogen-bond acceptors (Lipinski definition) is 4. The number of aliphatic carboxylic acids is 1. The van der Waals surface area contributed by atoms with Gasteiger partial charge in [0.05, 0.1) is 11.8 Å². The summed E-state index contributed by atoms with van der Waals surface area (Å²) in [4.78, 5) is 34.5. The van der Waals surface area contributed by atoms with E-state index >= 15 is 0 Å². The van der Waals surface area contributed by atoms with Crippen molar-refractivity contribution in [2.24, 2.45) is 23.7 Å². The van der Waals surface area contributed by atoms with E-state index in [1.165, 1.54) is 0 Å². The van der Waals surface area contributed by atoms with Crippen LogP contribution in [0.4, 0.5) is 0 Å². The van der Waals surface area contributed by atoms with Crippen LogP contribution in [0, 0.1) is 23.7 Å². The molecule has 1 N–H and O–H groups in total. The molecule has 0 aromatic heterocycles. The third kappa shape index (κ3) is 3.52. The van der Waals surface area contributed by atoms with E-state index in [2.05, 4.69) is 6.92 Å². The summed E-state index contributed by atoms with van der Waals surface area (Å²) in [5.74, 6) is -2.47. The summed E-state index contributed by atoms with van der Waals surface area (Å²) in [7, 11) is 0. The molecule has 0 bridgehead atoms. The Bertz CT molecular complexity index is 454. The molecule has 1 heterocycles. The summed E-state index contributed by atoms with van der Waals surface area (Å²) in [6.45, 7) is 2.09. The predicted molar refractivity (Wildman–Crippen MR) is 75.2 cm³/mol. The van der Waals surface area contributed by atoms with Gasteiger partial charge in [0.1, 0.15) is 0 Å². The minimum Gasteiger partial charge on any atom is -0.481 e. The lowest BCUT2D eigenvalue weighted by molar-refractivity contribution is -0.154. The second kappa shape index (κ2) is 6.87. The van der Waals surface area contributed by atoms with E-state index in [0.717, 1.165) is 19.3 Å². The van der Waals surface area contributed by atoms with Crippen LogP contribution in [0.15, 0.2) is 12.2 Å². The van der Waals surface area contributed by atoms with Crippen molar-refractivity contribution in [2.75, 3.05) is 0 Å². The van der Waals surface area contributed by atoms with Crippen LogP contribution in [0.5, 0.6) is 0 Å². The van der Waals surface area contributed by atoms with E-state index in [9.17, 15) is 14.4 Å². The Labute approximate surface area is 124 Å². The average Bonchev–Trinajstić information content (AvgIpc) is 2.73. The molecule has 2 aliphatic rings. The lowest BCUT2D eigenvalue weighted by atomic mass is 9.69. The lowest BCUT2D eigenvalue weighted by Gasteiger charge is -2.30. The maximum Gasteiger partial charge on any atom is 0.318 e. The molecule has 0 radical (unpaired) electrons. The number of unbranched alkanes of at least 4 members (excludes halogenated alkanes) is 1. The number of carbonyl (C=O) groups is 3. The smallest absolute Gasteiger partial charge is 0.318 e. The van der Waals surface area contributed by atoms with E-state index < -0.39 is 23.8 Å². The third-order valence-corrected chi connectivity index (χ3v) is 4.48. The van der Waals surface area contributed by atoms with Crippen molar-refractivity contribution in [1.82, 2.24) is 0 Å². The summed E-state index contributed by atoms with van der Waals surface area (Å²) in [6, 6.07) is 0. The molecular formula is C16H22O5. The monoisotopic (exact) mass is 294 g/mol. The zero-order valence-corrected chi connectivity index (χ0v) is 12.3. The van der Waals surface area contributed by atoms with E-state index in [-0.39, 0.29) is 24.2 Å². The van der Waals surface area contributed by atoms with Crippen molar-refractivity contribution in [2.45, 2.75) is 45.4 Å². The van der Waals surface area contributed by atoms with Gasteiger partial charge in [0, 0.05) is 6.42 Å². The third-order valence-electron chi connectivity index (χ3n) is 4.48. The molecule has 4 atom stereocenters. The van der Waals surface area contributed by atoms with Gasteiger partial charge in [-0.2, -0.15) is 0 Å². The second-order valence-electron chi connectivity index (χ2n) is 5.93. The summed E-state index contributed by atoms with van der Waals surface area (Å²) in [5, 5.41) is 8.70. The Morgan fingerprint density at radius 1 is 1.10 bits per heavy atom. The van der Waals surface area contributed by atoms with Crippen LogP contribution in [0.1, 0.15) is 45.4 Å². The Morgan fingerprint density at radius 3 is 2.10 bits per heavy atom. The van der Waals surface area contributed by atoms with Crippen LogP contribution in [0.3, 0.4) is 0 Å². The van der Waals surface area contributed by atoms with Gasteiger partial charge >= 0.3 is 17.9 Å². The fraction of sp³-hybridized carbons (Fsp3) is 0.688. The molecule has 1 fully saturated rings. The summed E-state index contributed by atoms with van der Waals surface area (Å²) >= 11 is 0. The van der Waals surface area contributed by atoms with Gasteiger partial charge < -0.3 is 9.84 Å². The molecule has 1 aliphatic carbocycles. The van der Waals surface area contributed by atoms with Gasteiger partial charge in [-0.05, 0) is 31.1 Å². The first-order chi connectivity index (χ1) is 10.0. The largest absolute Gasteiger partial charge is 0.481 e. The number of hydrogen-bond donors (Lipinski definition) is 1. The number of cyclic esters (lactones) is 2. The van der Waals surface area contributed by atoms with Gasteiger partial charge in [0.2, 0.25) is 0 Å². The normalized spacial score (nSPS) is 31.1.